The van der Waals surface area contributed by atoms with Crippen molar-refractivity contribution in [3.8, 4) is 0 Å². The van der Waals surface area contributed by atoms with E-state index >= 15 is 0 Å². The first-order chi connectivity index (χ1) is 9.20. The van der Waals surface area contributed by atoms with Crippen molar-refractivity contribution in [2.75, 3.05) is 13.7 Å². The fourth-order valence-electron chi connectivity index (χ4n) is 1.46. The largest absolute Gasteiger partial charge is 0.466 e. The molecular weight excluding hydrogens is 248 g/mol. The van der Waals surface area contributed by atoms with Crippen molar-refractivity contribution in [3.05, 3.63) is 36.4 Å². The maximum Gasteiger partial charge on any atom is 0.330 e. The van der Waals surface area contributed by atoms with Gasteiger partial charge in [-0.05, 0) is 6.07 Å². The Bertz CT molecular complexity index is 600. The van der Waals surface area contributed by atoms with Crippen LogP contribution < -0.4 is 5.32 Å². The Morgan fingerprint density at radius 2 is 2.37 bits per heavy atom. The quantitative estimate of drug-likeness (QED) is 0.613. The normalized spacial score (nSPS) is 10.8. The van der Waals surface area contributed by atoms with Crippen LogP contribution in [-0.4, -0.2) is 40.5 Å². The van der Waals surface area contributed by atoms with Gasteiger partial charge in [0.15, 0.2) is 0 Å². The highest BCUT2D eigenvalue weighted by Crippen LogP contribution is 2.10. The first-order valence-corrected chi connectivity index (χ1v) is 5.52. The first-order valence-electron chi connectivity index (χ1n) is 5.52. The van der Waals surface area contributed by atoms with Gasteiger partial charge >= 0.3 is 5.97 Å². The lowest BCUT2D eigenvalue weighted by molar-refractivity contribution is -0.134. The summed E-state index contributed by atoms with van der Waals surface area (Å²) in [4.78, 5) is 33.3. The lowest BCUT2D eigenvalue weighted by Crippen LogP contribution is -2.23. The van der Waals surface area contributed by atoms with Crippen LogP contribution in [-0.2, 0) is 9.53 Å². The zero-order valence-corrected chi connectivity index (χ0v) is 10.2. The number of nitrogens with one attached hydrogen (secondary N) is 2. The number of hydrogen-bond acceptors (Lipinski definition) is 5. The zero-order valence-electron chi connectivity index (χ0n) is 10.2. The highest BCUT2D eigenvalue weighted by molar-refractivity contribution is 5.97. The minimum atomic E-state index is -0.463. The molecule has 1 amide bonds. The average molecular weight is 260 g/mol. The van der Waals surface area contributed by atoms with E-state index in [4.69, 9.17) is 0 Å². The van der Waals surface area contributed by atoms with Crippen LogP contribution in [0.5, 0.6) is 0 Å². The molecule has 19 heavy (non-hydrogen) atoms. The molecule has 0 aliphatic rings. The van der Waals surface area contributed by atoms with Gasteiger partial charge in [0.1, 0.15) is 17.7 Å². The molecule has 0 aliphatic carbocycles. The Morgan fingerprint density at radius 1 is 1.53 bits per heavy atom. The second-order valence-corrected chi connectivity index (χ2v) is 3.65. The summed E-state index contributed by atoms with van der Waals surface area (Å²) in [6.07, 6.45) is 5.77. The molecule has 0 aromatic carbocycles. The van der Waals surface area contributed by atoms with Crippen LogP contribution in [0.3, 0.4) is 0 Å². The van der Waals surface area contributed by atoms with Gasteiger partial charge in [-0.25, -0.2) is 14.8 Å². The number of esters is 1. The molecule has 0 aliphatic heterocycles. The summed E-state index contributed by atoms with van der Waals surface area (Å²) < 4.78 is 4.42. The summed E-state index contributed by atoms with van der Waals surface area (Å²) in [5.41, 5.74) is 0.993. The Hall–Kier alpha value is -2.70. The van der Waals surface area contributed by atoms with E-state index in [0.717, 1.165) is 5.39 Å². The van der Waals surface area contributed by atoms with E-state index in [0.29, 0.717) is 11.3 Å². The van der Waals surface area contributed by atoms with Gasteiger partial charge in [0.25, 0.3) is 5.91 Å². The molecule has 0 saturated carbocycles. The van der Waals surface area contributed by atoms with Gasteiger partial charge in [-0.1, -0.05) is 6.08 Å². The highest BCUT2D eigenvalue weighted by atomic mass is 16.5. The third kappa shape index (κ3) is 3.15. The van der Waals surface area contributed by atoms with Gasteiger partial charge in [0.05, 0.1) is 7.11 Å². The van der Waals surface area contributed by atoms with Crippen LogP contribution >= 0.6 is 0 Å². The van der Waals surface area contributed by atoms with Gasteiger partial charge in [-0.2, -0.15) is 0 Å². The number of H-pyrrole nitrogens is 1. The molecule has 0 radical (unpaired) electrons. The van der Waals surface area contributed by atoms with Crippen LogP contribution in [0.4, 0.5) is 0 Å². The van der Waals surface area contributed by atoms with Crippen molar-refractivity contribution in [2.45, 2.75) is 0 Å². The molecule has 0 fully saturated rings. The van der Waals surface area contributed by atoms with Crippen LogP contribution in [0.2, 0.25) is 0 Å². The molecule has 2 heterocycles. The van der Waals surface area contributed by atoms with Crippen molar-refractivity contribution < 1.29 is 14.3 Å². The molecule has 2 N–H and O–H groups in total. The molecule has 0 atom stereocenters. The lowest BCUT2D eigenvalue weighted by Gasteiger charge is -1.98. The standard InChI is InChI=1S/C12H12N4O3/c1-19-10(17)3-2-4-14-12(18)9-5-8-6-13-7-15-11(8)16-9/h2-3,5-7H,4H2,1H3,(H,14,18)(H,13,15,16)/b3-2+. The van der Waals surface area contributed by atoms with Gasteiger partial charge in [0.2, 0.25) is 0 Å². The smallest absolute Gasteiger partial charge is 0.330 e. The van der Waals surface area contributed by atoms with Gasteiger partial charge in [-0.3, -0.25) is 4.79 Å². The molecule has 0 unspecified atom stereocenters. The Balaban J connectivity index is 1.96. The minimum Gasteiger partial charge on any atom is -0.466 e. The predicted octanol–water partition coefficient (Wildman–Crippen LogP) is 0.417. The predicted molar refractivity (Wildman–Crippen MR) is 67.4 cm³/mol. The molecule has 0 bridgehead atoms. The van der Waals surface area contributed by atoms with Gasteiger partial charge < -0.3 is 15.0 Å². The molecular formula is C12H12N4O3. The van der Waals surface area contributed by atoms with Crippen molar-refractivity contribution in [1.29, 1.82) is 0 Å². The van der Waals surface area contributed by atoms with Crippen LogP contribution in [0.15, 0.2) is 30.7 Å². The number of carbonyl (C=O) groups is 2. The van der Waals surface area contributed by atoms with E-state index in [2.05, 4.69) is 25.0 Å². The van der Waals surface area contributed by atoms with Crippen LogP contribution in [0.1, 0.15) is 10.5 Å². The molecule has 98 valence electrons. The second-order valence-electron chi connectivity index (χ2n) is 3.65. The number of amides is 1. The molecule has 0 saturated heterocycles. The minimum absolute atomic E-state index is 0.231. The van der Waals surface area contributed by atoms with E-state index in [1.807, 2.05) is 0 Å². The summed E-state index contributed by atoms with van der Waals surface area (Å²) >= 11 is 0. The molecule has 2 rings (SSSR count). The summed E-state index contributed by atoms with van der Waals surface area (Å²) in [5.74, 6) is -0.748. The van der Waals surface area contributed by atoms with E-state index < -0.39 is 5.97 Å². The van der Waals surface area contributed by atoms with Crippen LogP contribution in [0, 0.1) is 0 Å². The average Bonchev–Trinajstić information content (AvgIpc) is 2.87. The van der Waals surface area contributed by atoms with Crippen molar-refractivity contribution in [3.63, 3.8) is 0 Å². The molecule has 7 nitrogen and oxygen atoms in total. The SMILES string of the molecule is COC(=O)/C=C/CNC(=O)c1cc2cncnc2[nH]1. The Labute approximate surface area is 108 Å². The number of rotatable bonds is 4. The number of aromatic nitrogens is 3. The van der Waals surface area contributed by atoms with E-state index in [-0.39, 0.29) is 12.5 Å². The van der Waals surface area contributed by atoms with Crippen molar-refractivity contribution in [1.82, 2.24) is 20.3 Å². The summed E-state index contributed by atoms with van der Waals surface area (Å²) in [6.45, 7) is 0.231. The van der Waals surface area contributed by atoms with Crippen molar-refractivity contribution >= 4 is 22.9 Å². The maximum atomic E-state index is 11.8. The molecule has 7 heteroatoms. The molecule has 2 aromatic heterocycles. The summed E-state index contributed by atoms with van der Waals surface area (Å²) in [7, 11) is 1.29. The number of methoxy groups -OCH3 is 1. The van der Waals surface area contributed by atoms with E-state index in [1.165, 1.54) is 25.6 Å². The monoisotopic (exact) mass is 260 g/mol. The second kappa shape index (κ2) is 5.76. The fraction of sp³-hybridized carbons (Fsp3) is 0.167. The number of ether oxygens (including phenoxy) is 1. The summed E-state index contributed by atoms with van der Waals surface area (Å²) in [6, 6.07) is 1.66. The Morgan fingerprint density at radius 3 is 3.11 bits per heavy atom. The number of fused-ring (bicyclic) bond motifs is 1. The van der Waals surface area contributed by atoms with E-state index in [1.54, 1.807) is 12.3 Å². The number of nitrogens with zero attached hydrogens (tertiary/aromatic N) is 2. The topological polar surface area (TPSA) is 97.0 Å². The van der Waals surface area contributed by atoms with Gasteiger partial charge in [0, 0.05) is 24.2 Å². The number of hydrogen-bond donors (Lipinski definition) is 2. The highest BCUT2D eigenvalue weighted by Gasteiger charge is 2.08. The van der Waals surface area contributed by atoms with Gasteiger partial charge in [-0.15, -0.1) is 0 Å². The summed E-state index contributed by atoms with van der Waals surface area (Å²) in [5, 5.41) is 3.39. The number of aromatic amines is 1. The van der Waals surface area contributed by atoms with E-state index in [9.17, 15) is 9.59 Å². The van der Waals surface area contributed by atoms with Crippen molar-refractivity contribution in [2.24, 2.45) is 0 Å². The van der Waals surface area contributed by atoms with Crippen LogP contribution in [0.25, 0.3) is 11.0 Å². The lowest BCUT2D eigenvalue weighted by atomic mass is 10.3. The molecule has 0 spiro atoms. The third-order valence-electron chi connectivity index (χ3n) is 2.37. The zero-order chi connectivity index (χ0) is 13.7. The maximum absolute atomic E-state index is 11.8. The Kier molecular flexibility index (Phi) is 3.87. The fourth-order valence-corrected chi connectivity index (χ4v) is 1.46. The molecule has 2 aromatic rings. The third-order valence-corrected chi connectivity index (χ3v) is 2.37. The number of carbonyl (C=O) groups excluding carboxylic acids is 2. The first kappa shape index (κ1) is 12.7.